The van der Waals surface area contributed by atoms with Gasteiger partial charge in [0.25, 0.3) is 11.7 Å². The molecule has 1 aromatic rings. The summed E-state index contributed by atoms with van der Waals surface area (Å²) in [5, 5.41) is 36.1. The minimum atomic E-state index is -2.03. The second-order valence-electron chi connectivity index (χ2n) is 13.4. The fourth-order valence-electron chi connectivity index (χ4n) is 6.62. The molecule has 1 aromatic carbocycles. The van der Waals surface area contributed by atoms with Crippen LogP contribution in [0.4, 0.5) is 0 Å². The number of amides is 1. The van der Waals surface area contributed by atoms with Gasteiger partial charge in [-0.2, -0.15) is 0 Å². The monoisotopic (exact) mass is 695 g/mol. The first kappa shape index (κ1) is 38.2. The molecule has 9 atom stereocenters. The van der Waals surface area contributed by atoms with Crippen LogP contribution in [0.3, 0.4) is 0 Å². The Morgan fingerprint density at radius 1 is 0.940 bits per heavy atom. The molecule has 0 unspecified atom stereocenters. The fraction of sp³-hybridized carbons (Fsp3) is 0.486. The molecule has 1 aliphatic carbocycles. The van der Waals surface area contributed by atoms with E-state index in [2.05, 4.69) is 5.32 Å². The molecule has 0 saturated carbocycles. The van der Waals surface area contributed by atoms with E-state index < -0.39 is 100 Å². The molecule has 0 fully saturated rings. The number of carbonyl (C=O) groups is 5. The van der Waals surface area contributed by atoms with Crippen molar-refractivity contribution in [3.05, 3.63) is 70.2 Å². The average molecular weight is 696 g/mol. The van der Waals surface area contributed by atoms with Crippen LogP contribution >= 0.6 is 0 Å². The van der Waals surface area contributed by atoms with Crippen LogP contribution in [0.25, 0.3) is 0 Å². The van der Waals surface area contributed by atoms with Gasteiger partial charge in [-0.25, -0.2) is 0 Å². The summed E-state index contributed by atoms with van der Waals surface area (Å²) >= 11 is 0. The summed E-state index contributed by atoms with van der Waals surface area (Å²) in [7, 11) is 1.42. The van der Waals surface area contributed by atoms with Crippen molar-refractivity contribution in [3.8, 4) is 11.5 Å². The number of carbonyl (C=O) groups excluding carboxylic acids is 5. The minimum Gasteiger partial charge on any atom is -0.507 e. The number of allylic oxidation sites excluding steroid dienone is 4. The number of nitrogens with one attached hydrogen (secondary N) is 1. The highest BCUT2D eigenvalue weighted by Gasteiger charge is 2.51. The van der Waals surface area contributed by atoms with Gasteiger partial charge in [-0.05, 0) is 19.9 Å². The summed E-state index contributed by atoms with van der Waals surface area (Å²) in [6.07, 6.45) is 4.31. The number of aromatic hydroxyl groups is 1. The zero-order valence-corrected chi connectivity index (χ0v) is 29.6. The average Bonchev–Trinajstić information content (AvgIpc) is 3.33. The predicted octanol–water partition coefficient (Wildman–Crippen LogP) is 3.63. The summed E-state index contributed by atoms with van der Waals surface area (Å²) in [5.74, 6) is -8.99. The van der Waals surface area contributed by atoms with Gasteiger partial charge in [-0.3, -0.25) is 24.0 Å². The van der Waals surface area contributed by atoms with Crippen molar-refractivity contribution < 1.29 is 58.2 Å². The van der Waals surface area contributed by atoms with Crippen molar-refractivity contribution in [2.24, 2.45) is 23.7 Å². The number of benzene rings is 1. The zero-order chi connectivity index (χ0) is 37.4. The summed E-state index contributed by atoms with van der Waals surface area (Å²) < 4.78 is 23.1. The standard InChI is InChI=1S/C37H45NO12/c1-16-11-10-12-17(2)36(46)38-23-15-24(40)26-27(32(23)44)31(43)21(6)34-28(26)35(45)37(8,50-34)48-14-13-25(47-9)18(3)33(49-22(7)39)20(5)30(42)19(4)29(16)41/h10-16,18-20,25,29-30,33,41-43H,1-9H3,(H,38,46)/b11-10+,14-13+,17-12-/t16-,18+,19-,20-,25+,29-,30-,33+,37-/m1/s1. The van der Waals surface area contributed by atoms with Crippen LogP contribution in [0.15, 0.2) is 47.9 Å². The van der Waals surface area contributed by atoms with Gasteiger partial charge in [-0.1, -0.05) is 45.9 Å². The Kier molecular flexibility index (Phi) is 11.2. The van der Waals surface area contributed by atoms with E-state index in [9.17, 15) is 39.3 Å². The number of fused-ring (bicyclic) bond motifs is 14. The largest absolute Gasteiger partial charge is 0.507 e. The lowest BCUT2D eigenvalue weighted by atomic mass is 9.78. The molecule has 13 nitrogen and oxygen atoms in total. The fourth-order valence-corrected chi connectivity index (χ4v) is 6.62. The number of ketones is 3. The molecule has 0 radical (unpaired) electrons. The number of hydrogen-bond donors (Lipinski definition) is 4. The van der Waals surface area contributed by atoms with E-state index in [4.69, 9.17) is 18.9 Å². The Morgan fingerprint density at radius 3 is 2.22 bits per heavy atom. The maximum Gasteiger partial charge on any atom is 0.312 e. The maximum atomic E-state index is 13.9. The third kappa shape index (κ3) is 7.03. The highest BCUT2D eigenvalue weighted by molar-refractivity contribution is 6.30. The molecule has 4 N–H and O–H groups in total. The number of phenolic OH excluding ortho intramolecular Hbond substituents is 1. The first-order valence-electron chi connectivity index (χ1n) is 16.4. The van der Waals surface area contributed by atoms with E-state index in [-0.39, 0.29) is 28.0 Å². The minimum absolute atomic E-state index is 0.00885. The third-order valence-electron chi connectivity index (χ3n) is 9.80. The normalized spacial score (nSPS) is 34.5. The first-order valence-corrected chi connectivity index (χ1v) is 16.4. The number of aliphatic hydroxyl groups is 2. The summed E-state index contributed by atoms with van der Waals surface area (Å²) in [4.78, 5) is 66.2. The van der Waals surface area contributed by atoms with Gasteiger partial charge in [0.2, 0.25) is 5.78 Å². The molecule has 5 bridgehead atoms. The van der Waals surface area contributed by atoms with E-state index >= 15 is 0 Å². The van der Waals surface area contributed by atoms with Crippen LogP contribution in [-0.4, -0.2) is 81.9 Å². The van der Waals surface area contributed by atoms with Crippen LogP contribution in [0, 0.1) is 30.6 Å². The molecule has 270 valence electrons. The number of hydrogen-bond acceptors (Lipinski definition) is 12. The SMILES string of the molecule is CO[C@H]1/C=C/O[C@]2(C)Oc3c(C)c(O)c4c(c3C2=O)C(=O)C=C(NC(=O)/C(C)=C\C=C\[C@@H](C)[C@@H](O)[C@@H](C)[C@@H](O)[C@@H](C)[C@@H](OC(C)=O)[C@H]1C)C4=O. The number of rotatable bonds is 2. The van der Waals surface area contributed by atoms with Gasteiger partial charge in [0.15, 0.2) is 5.78 Å². The predicted molar refractivity (Wildman–Crippen MR) is 179 cm³/mol. The molecule has 0 aromatic heterocycles. The molecule has 3 aliphatic heterocycles. The van der Waals surface area contributed by atoms with E-state index in [0.717, 1.165) is 12.3 Å². The van der Waals surface area contributed by atoms with E-state index in [0.29, 0.717) is 0 Å². The van der Waals surface area contributed by atoms with Crippen LogP contribution in [0.1, 0.15) is 85.1 Å². The third-order valence-corrected chi connectivity index (χ3v) is 9.80. The molecule has 3 heterocycles. The number of methoxy groups -OCH3 is 1. The highest BCUT2D eigenvalue weighted by atomic mass is 16.7. The smallest absolute Gasteiger partial charge is 0.312 e. The lowest BCUT2D eigenvalue weighted by Gasteiger charge is -2.38. The topological polar surface area (TPSA) is 195 Å². The number of aliphatic hydroxyl groups excluding tert-OH is 2. The van der Waals surface area contributed by atoms with Gasteiger partial charge in [-0.15, -0.1) is 0 Å². The van der Waals surface area contributed by atoms with Crippen molar-refractivity contribution in [2.45, 2.75) is 85.6 Å². The molecule has 1 amide bonds. The van der Waals surface area contributed by atoms with Crippen LogP contribution < -0.4 is 10.1 Å². The lowest BCUT2D eigenvalue weighted by Crippen LogP contribution is -2.46. The van der Waals surface area contributed by atoms with Gasteiger partial charge < -0.3 is 39.6 Å². The summed E-state index contributed by atoms with van der Waals surface area (Å²) in [6.45, 7) is 12.3. The molecule has 0 spiro atoms. The summed E-state index contributed by atoms with van der Waals surface area (Å²) in [6, 6.07) is 0. The van der Waals surface area contributed by atoms with Gasteiger partial charge >= 0.3 is 11.8 Å². The van der Waals surface area contributed by atoms with E-state index in [1.165, 1.54) is 47.0 Å². The molecular weight excluding hydrogens is 650 g/mol. The Morgan fingerprint density at radius 2 is 1.60 bits per heavy atom. The zero-order valence-electron chi connectivity index (χ0n) is 29.6. The molecule has 4 aliphatic rings. The Labute approximate surface area is 290 Å². The number of ether oxygens (including phenoxy) is 4. The van der Waals surface area contributed by atoms with Gasteiger partial charge in [0.05, 0.1) is 47.0 Å². The highest BCUT2D eigenvalue weighted by Crippen LogP contribution is 2.47. The Balaban J connectivity index is 1.83. The molecule has 13 heteroatoms. The second kappa shape index (κ2) is 14.7. The molecule has 50 heavy (non-hydrogen) atoms. The number of phenols is 1. The number of Topliss-reactive ketones (excluding diaryl/α,β-unsaturated/α-hetero) is 2. The first-order chi connectivity index (χ1) is 23.4. The molecular formula is C37H45NO12. The van der Waals surface area contributed by atoms with Crippen LogP contribution in [0.2, 0.25) is 0 Å². The quantitative estimate of drug-likeness (QED) is 0.329. The van der Waals surface area contributed by atoms with Crippen molar-refractivity contribution in [3.63, 3.8) is 0 Å². The van der Waals surface area contributed by atoms with Crippen molar-refractivity contribution in [2.75, 3.05) is 7.11 Å². The summed E-state index contributed by atoms with van der Waals surface area (Å²) in [5.41, 5.74) is -1.31. The Hall–Kier alpha value is -4.59. The second-order valence-corrected chi connectivity index (χ2v) is 13.4. The van der Waals surface area contributed by atoms with Crippen molar-refractivity contribution in [1.82, 2.24) is 5.32 Å². The maximum absolute atomic E-state index is 13.9. The van der Waals surface area contributed by atoms with E-state index in [1.54, 1.807) is 39.8 Å². The lowest BCUT2D eigenvalue weighted by molar-refractivity contribution is -0.160. The van der Waals surface area contributed by atoms with Crippen molar-refractivity contribution >= 4 is 29.2 Å². The number of esters is 1. The van der Waals surface area contributed by atoms with E-state index in [1.807, 2.05) is 0 Å². The van der Waals surface area contributed by atoms with Crippen LogP contribution in [0.5, 0.6) is 11.5 Å². The van der Waals surface area contributed by atoms with Crippen molar-refractivity contribution in [1.29, 1.82) is 0 Å². The molecule has 5 rings (SSSR count). The Bertz CT molecular complexity index is 1720. The van der Waals surface area contributed by atoms with Crippen LogP contribution in [-0.2, 0) is 23.8 Å². The van der Waals surface area contributed by atoms with Gasteiger partial charge in [0, 0.05) is 61.8 Å². The van der Waals surface area contributed by atoms with Gasteiger partial charge in [0.1, 0.15) is 17.6 Å². The molecule has 0 saturated heterocycles.